The van der Waals surface area contributed by atoms with Gasteiger partial charge in [-0.3, -0.25) is 0 Å². The molecule has 7 heteroatoms. The molecule has 0 saturated carbocycles. The van der Waals surface area contributed by atoms with Crippen molar-refractivity contribution in [2.45, 2.75) is 32.4 Å². The van der Waals surface area contributed by atoms with Gasteiger partial charge in [-0.05, 0) is 24.2 Å². The van der Waals surface area contributed by atoms with Crippen LogP contribution in [0.5, 0.6) is 0 Å². The maximum Gasteiger partial charge on any atom is 0.182 e. The lowest BCUT2D eigenvalue weighted by atomic mass is 10.2. The molecule has 0 radical (unpaired) electrons. The Balaban J connectivity index is 1.95. The Hall–Kier alpha value is -0.693. The highest BCUT2D eigenvalue weighted by atomic mass is 79.9. The molecule has 0 amide bonds. The maximum atomic E-state index is 6.20. The second kappa shape index (κ2) is 7.04. The molecule has 0 aliphatic rings. The van der Waals surface area contributed by atoms with Gasteiger partial charge in [0.1, 0.15) is 13.1 Å². The minimum absolute atomic E-state index is 0.422. The van der Waals surface area contributed by atoms with Gasteiger partial charge in [-0.25, -0.2) is 9.67 Å². The quantitative estimate of drug-likeness (QED) is 0.533. The van der Waals surface area contributed by atoms with E-state index >= 15 is 0 Å². The molecule has 0 saturated heterocycles. The monoisotopic (exact) mass is 387 g/mol. The van der Waals surface area contributed by atoms with Crippen LogP contribution in [0.2, 0.25) is 30.7 Å². The van der Waals surface area contributed by atoms with Crippen LogP contribution in [-0.2, 0) is 11.5 Å². The fraction of sp³-hybridized carbons (Fsp3) is 0.429. The van der Waals surface area contributed by atoms with Crippen LogP contribution < -0.4 is 0 Å². The molecule has 1 heterocycles. The minimum Gasteiger partial charge on any atom is -0.359 e. The molecule has 0 bridgehead atoms. The Labute approximate surface area is 139 Å². The molecule has 0 spiro atoms. The standard InChI is InChI=1S/C14H19BrClN3OSi/c1-21(2,3)7-6-20-10-19-9-17-14(18-19)12-5-4-11(15)8-13(12)16/h4-5,8-9H,6-7,10H2,1-3H3. The van der Waals surface area contributed by atoms with Crippen LogP contribution in [0.4, 0.5) is 0 Å². The largest absolute Gasteiger partial charge is 0.359 e. The highest BCUT2D eigenvalue weighted by Crippen LogP contribution is 2.27. The van der Waals surface area contributed by atoms with Crippen molar-refractivity contribution >= 4 is 35.6 Å². The van der Waals surface area contributed by atoms with E-state index in [1.165, 1.54) is 0 Å². The van der Waals surface area contributed by atoms with Gasteiger partial charge in [-0.1, -0.05) is 47.2 Å². The van der Waals surface area contributed by atoms with Gasteiger partial charge in [0, 0.05) is 24.7 Å². The number of hydrogen-bond acceptors (Lipinski definition) is 3. The Bertz CT molecular complexity index is 613. The van der Waals surface area contributed by atoms with Crippen LogP contribution in [0.1, 0.15) is 0 Å². The number of hydrogen-bond donors (Lipinski definition) is 0. The van der Waals surface area contributed by atoms with Crippen LogP contribution in [0.25, 0.3) is 11.4 Å². The number of nitrogens with zero attached hydrogens (tertiary/aromatic N) is 3. The van der Waals surface area contributed by atoms with Crippen LogP contribution in [0, 0.1) is 0 Å². The third-order valence-corrected chi connectivity index (χ3v) is 5.44. The summed E-state index contributed by atoms with van der Waals surface area (Å²) in [6.45, 7) is 8.19. The molecule has 0 aliphatic heterocycles. The Morgan fingerprint density at radius 2 is 2.10 bits per heavy atom. The van der Waals surface area contributed by atoms with Gasteiger partial charge >= 0.3 is 0 Å². The van der Waals surface area contributed by atoms with Gasteiger partial charge < -0.3 is 4.74 Å². The van der Waals surface area contributed by atoms with E-state index in [4.69, 9.17) is 16.3 Å². The lowest BCUT2D eigenvalue weighted by Crippen LogP contribution is -2.22. The summed E-state index contributed by atoms with van der Waals surface area (Å²) >= 11 is 9.59. The molecule has 4 nitrogen and oxygen atoms in total. The van der Waals surface area contributed by atoms with Crippen molar-refractivity contribution in [3.63, 3.8) is 0 Å². The molecule has 0 atom stereocenters. The van der Waals surface area contributed by atoms with Crippen molar-refractivity contribution < 1.29 is 4.74 Å². The molecule has 0 unspecified atom stereocenters. The summed E-state index contributed by atoms with van der Waals surface area (Å²) in [5, 5.41) is 5.02. The first kappa shape index (κ1) is 16.7. The summed E-state index contributed by atoms with van der Waals surface area (Å²) in [6.07, 6.45) is 1.67. The maximum absolute atomic E-state index is 6.20. The van der Waals surface area contributed by atoms with E-state index in [9.17, 15) is 0 Å². The highest BCUT2D eigenvalue weighted by Gasteiger charge is 2.12. The van der Waals surface area contributed by atoms with Crippen molar-refractivity contribution in [3.05, 3.63) is 34.0 Å². The van der Waals surface area contributed by atoms with Crippen molar-refractivity contribution in [2.75, 3.05) is 6.61 Å². The van der Waals surface area contributed by atoms with Gasteiger partial charge in [0.2, 0.25) is 0 Å². The Morgan fingerprint density at radius 1 is 1.33 bits per heavy atom. The third-order valence-electron chi connectivity index (χ3n) is 2.93. The second-order valence-corrected chi connectivity index (χ2v) is 13.0. The van der Waals surface area contributed by atoms with Crippen LogP contribution in [-0.4, -0.2) is 29.4 Å². The fourth-order valence-electron chi connectivity index (χ4n) is 1.69. The van der Waals surface area contributed by atoms with Crippen molar-refractivity contribution in [1.29, 1.82) is 0 Å². The lowest BCUT2D eigenvalue weighted by Gasteiger charge is -2.15. The first-order valence-corrected chi connectivity index (χ1v) is 11.7. The number of aromatic nitrogens is 3. The predicted octanol–water partition coefficient (Wildman–Crippen LogP) is 4.67. The minimum atomic E-state index is -1.05. The average molecular weight is 389 g/mol. The van der Waals surface area contributed by atoms with Crippen molar-refractivity contribution in [3.8, 4) is 11.4 Å². The number of rotatable bonds is 6. The molecule has 2 aromatic rings. The zero-order chi connectivity index (χ0) is 15.5. The van der Waals surface area contributed by atoms with Gasteiger partial charge in [0.25, 0.3) is 0 Å². The second-order valence-electron chi connectivity index (χ2n) is 6.08. The molecule has 21 heavy (non-hydrogen) atoms. The third kappa shape index (κ3) is 5.21. The summed E-state index contributed by atoms with van der Waals surface area (Å²) in [5.74, 6) is 0.612. The van der Waals surface area contributed by atoms with Crippen LogP contribution in [0.3, 0.4) is 0 Å². The van der Waals surface area contributed by atoms with Gasteiger partial charge in [0.15, 0.2) is 5.82 Å². The lowest BCUT2D eigenvalue weighted by molar-refractivity contribution is 0.0785. The van der Waals surface area contributed by atoms with E-state index in [0.29, 0.717) is 17.6 Å². The molecular formula is C14H19BrClN3OSi. The van der Waals surface area contributed by atoms with E-state index in [1.807, 2.05) is 18.2 Å². The van der Waals surface area contributed by atoms with Crippen molar-refractivity contribution in [2.24, 2.45) is 0 Å². The molecule has 0 aliphatic carbocycles. The molecular weight excluding hydrogens is 370 g/mol. The highest BCUT2D eigenvalue weighted by molar-refractivity contribution is 9.10. The van der Waals surface area contributed by atoms with E-state index in [0.717, 1.165) is 22.7 Å². The van der Waals surface area contributed by atoms with Gasteiger partial charge in [-0.15, -0.1) is 5.10 Å². The first-order chi connectivity index (χ1) is 9.85. The Kier molecular flexibility index (Phi) is 5.59. The Morgan fingerprint density at radius 3 is 2.76 bits per heavy atom. The van der Waals surface area contributed by atoms with Gasteiger partial charge in [-0.2, -0.15) is 0 Å². The zero-order valence-electron chi connectivity index (χ0n) is 12.4. The first-order valence-electron chi connectivity index (χ1n) is 6.78. The number of ether oxygens (including phenoxy) is 1. The molecule has 1 aromatic heterocycles. The molecule has 2 rings (SSSR count). The fourth-order valence-corrected chi connectivity index (χ4v) is 3.20. The SMILES string of the molecule is C[Si](C)(C)CCOCn1cnc(-c2ccc(Br)cc2Cl)n1. The summed E-state index contributed by atoms with van der Waals surface area (Å²) in [7, 11) is -1.05. The molecule has 1 aromatic carbocycles. The predicted molar refractivity (Wildman–Crippen MR) is 92.3 cm³/mol. The van der Waals surface area contributed by atoms with E-state index in [1.54, 1.807) is 11.0 Å². The average Bonchev–Trinajstić information content (AvgIpc) is 2.82. The van der Waals surface area contributed by atoms with Crippen LogP contribution >= 0.6 is 27.5 Å². The van der Waals surface area contributed by atoms with Crippen molar-refractivity contribution in [1.82, 2.24) is 14.8 Å². The normalized spacial score (nSPS) is 11.9. The van der Waals surface area contributed by atoms with Crippen LogP contribution in [0.15, 0.2) is 29.0 Å². The smallest absolute Gasteiger partial charge is 0.182 e. The van der Waals surface area contributed by atoms with E-state index in [-0.39, 0.29) is 0 Å². The molecule has 0 fully saturated rings. The van der Waals surface area contributed by atoms with E-state index < -0.39 is 8.07 Å². The molecule has 0 N–H and O–H groups in total. The summed E-state index contributed by atoms with van der Waals surface area (Å²) in [5.41, 5.74) is 0.820. The van der Waals surface area contributed by atoms with E-state index in [2.05, 4.69) is 45.7 Å². The summed E-state index contributed by atoms with van der Waals surface area (Å²) in [6, 6.07) is 6.81. The van der Waals surface area contributed by atoms with Gasteiger partial charge in [0.05, 0.1) is 5.02 Å². The topological polar surface area (TPSA) is 39.9 Å². The summed E-state index contributed by atoms with van der Waals surface area (Å²) in [4.78, 5) is 4.29. The summed E-state index contributed by atoms with van der Waals surface area (Å²) < 4.78 is 8.28. The molecule has 114 valence electrons. The number of benzene rings is 1. The number of halogens is 2. The zero-order valence-corrected chi connectivity index (χ0v) is 15.8.